The molecular weight excluding hydrogens is 262 g/mol. The van der Waals surface area contributed by atoms with Gasteiger partial charge in [-0.1, -0.05) is 36.4 Å². The number of H-pyrrole nitrogens is 1. The van der Waals surface area contributed by atoms with Crippen molar-refractivity contribution >= 4 is 21.9 Å². The lowest BCUT2D eigenvalue weighted by Gasteiger charge is -2.08. The van der Waals surface area contributed by atoms with Crippen LogP contribution in [0, 0.1) is 5.41 Å². The van der Waals surface area contributed by atoms with Crippen LogP contribution in [0.4, 0.5) is 0 Å². The average molecular weight is 275 g/mol. The van der Waals surface area contributed by atoms with E-state index in [-0.39, 0.29) is 0 Å². The number of nitrogens with one attached hydrogen (secondary N) is 2. The third-order valence-corrected chi connectivity index (χ3v) is 3.63. The van der Waals surface area contributed by atoms with E-state index in [1.54, 1.807) is 12.7 Å². The number of aromatic amines is 1. The molecule has 0 bridgehead atoms. The minimum Gasteiger partial charge on any atom is -0.340 e. The van der Waals surface area contributed by atoms with E-state index < -0.39 is 0 Å². The Morgan fingerprint density at radius 2 is 1.90 bits per heavy atom. The van der Waals surface area contributed by atoms with Crippen LogP contribution in [0.15, 0.2) is 55.1 Å². The zero-order valence-electron chi connectivity index (χ0n) is 11.2. The van der Waals surface area contributed by atoms with Crippen LogP contribution in [0.3, 0.4) is 0 Å². The van der Waals surface area contributed by atoms with Gasteiger partial charge >= 0.3 is 0 Å². The van der Waals surface area contributed by atoms with Crippen molar-refractivity contribution in [3.8, 4) is 0 Å². The molecule has 2 aromatic carbocycles. The molecule has 0 atom stereocenters. The number of nitrogens with zero attached hydrogens (tertiary/aromatic N) is 3. The summed E-state index contributed by atoms with van der Waals surface area (Å²) in [5.74, 6) is 0. The first kappa shape index (κ1) is 11.8. The van der Waals surface area contributed by atoms with Crippen molar-refractivity contribution in [3.63, 3.8) is 0 Å². The number of benzene rings is 2. The van der Waals surface area contributed by atoms with Crippen LogP contribution >= 0.6 is 0 Å². The van der Waals surface area contributed by atoms with E-state index in [9.17, 15) is 0 Å². The Morgan fingerprint density at radius 1 is 1.05 bits per heavy atom. The molecule has 0 unspecified atom stereocenters. The van der Waals surface area contributed by atoms with Gasteiger partial charge in [-0.15, -0.1) is 0 Å². The highest BCUT2D eigenvalue weighted by atomic mass is 15.1. The van der Waals surface area contributed by atoms with Crippen LogP contribution in [0.25, 0.3) is 21.9 Å². The summed E-state index contributed by atoms with van der Waals surface area (Å²) >= 11 is 0. The molecule has 5 nitrogen and oxygen atoms in total. The van der Waals surface area contributed by atoms with Gasteiger partial charge in [-0.05, 0) is 22.4 Å². The van der Waals surface area contributed by atoms with E-state index in [1.807, 2.05) is 16.7 Å². The van der Waals surface area contributed by atoms with Gasteiger partial charge in [0.05, 0.1) is 19.2 Å². The van der Waals surface area contributed by atoms with Gasteiger partial charge < -0.3 is 9.55 Å². The van der Waals surface area contributed by atoms with Crippen molar-refractivity contribution in [2.24, 2.45) is 0 Å². The predicted molar refractivity (Wildman–Crippen MR) is 80.8 cm³/mol. The van der Waals surface area contributed by atoms with Gasteiger partial charge in [0.1, 0.15) is 5.52 Å². The maximum absolute atomic E-state index is 8.22. The van der Waals surface area contributed by atoms with Crippen molar-refractivity contribution in [1.29, 1.82) is 5.41 Å². The Bertz CT molecular complexity index is 996. The fraction of sp³-hybridized carbons (Fsp3) is 0.0625. The molecule has 4 rings (SSSR count). The summed E-state index contributed by atoms with van der Waals surface area (Å²) in [6.45, 7) is 0.617. The average Bonchev–Trinajstić information content (AvgIpc) is 2.99. The van der Waals surface area contributed by atoms with Crippen LogP contribution < -0.4 is 5.49 Å². The van der Waals surface area contributed by atoms with Gasteiger partial charge in [-0.2, -0.15) is 0 Å². The zero-order chi connectivity index (χ0) is 14.2. The van der Waals surface area contributed by atoms with Crippen molar-refractivity contribution in [2.75, 3.05) is 0 Å². The van der Waals surface area contributed by atoms with E-state index in [0.29, 0.717) is 23.2 Å². The van der Waals surface area contributed by atoms with E-state index in [4.69, 9.17) is 5.41 Å². The van der Waals surface area contributed by atoms with Crippen LogP contribution in [0.1, 0.15) is 5.56 Å². The molecule has 0 aliphatic heterocycles. The highest BCUT2D eigenvalue weighted by molar-refractivity contribution is 5.83. The molecule has 2 heterocycles. The predicted octanol–water partition coefficient (Wildman–Crippen LogP) is 2.44. The lowest BCUT2D eigenvalue weighted by atomic mass is 10.1. The minimum absolute atomic E-state index is 0.394. The summed E-state index contributed by atoms with van der Waals surface area (Å²) in [5.41, 5.74) is 2.78. The highest BCUT2D eigenvalue weighted by Crippen LogP contribution is 2.16. The third kappa shape index (κ3) is 1.99. The van der Waals surface area contributed by atoms with Crippen LogP contribution in [0.5, 0.6) is 0 Å². The molecule has 2 N–H and O–H groups in total. The van der Waals surface area contributed by atoms with E-state index in [2.05, 4.69) is 45.3 Å². The van der Waals surface area contributed by atoms with Crippen molar-refractivity contribution in [3.05, 3.63) is 66.2 Å². The Balaban J connectivity index is 1.78. The summed E-state index contributed by atoms with van der Waals surface area (Å²) in [6.07, 6.45) is 3.23. The molecule has 2 aromatic heterocycles. The summed E-state index contributed by atoms with van der Waals surface area (Å²) in [4.78, 5) is 11.3. The Hall–Kier alpha value is -2.95. The van der Waals surface area contributed by atoms with Crippen molar-refractivity contribution < 1.29 is 0 Å². The molecule has 102 valence electrons. The van der Waals surface area contributed by atoms with Crippen LogP contribution in [-0.2, 0) is 6.54 Å². The first-order chi connectivity index (χ1) is 10.3. The fourth-order valence-electron chi connectivity index (χ4n) is 2.54. The number of rotatable bonds is 2. The molecule has 0 fully saturated rings. The van der Waals surface area contributed by atoms with Gasteiger partial charge in [-0.25, -0.2) is 9.97 Å². The van der Waals surface area contributed by atoms with Gasteiger partial charge in [0.2, 0.25) is 0 Å². The molecule has 0 spiro atoms. The molecule has 0 radical (unpaired) electrons. The lowest BCUT2D eigenvalue weighted by molar-refractivity contribution is 0.721. The van der Waals surface area contributed by atoms with E-state index >= 15 is 0 Å². The second-order valence-corrected chi connectivity index (χ2v) is 5.00. The zero-order valence-corrected chi connectivity index (χ0v) is 11.2. The van der Waals surface area contributed by atoms with Gasteiger partial charge in [0.15, 0.2) is 11.1 Å². The quantitative estimate of drug-likeness (QED) is 0.590. The summed E-state index contributed by atoms with van der Waals surface area (Å²) < 4.78 is 1.81. The van der Waals surface area contributed by atoms with Crippen molar-refractivity contribution in [1.82, 2.24) is 19.5 Å². The molecule has 4 aromatic rings. The summed E-state index contributed by atoms with van der Waals surface area (Å²) in [7, 11) is 0. The maximum atomic E-state index is 8.22. The van der Waals surface area contributed by atoms with E-state index in [1.165, 1.54) is 10.8 Å². The Kier molecular flexibility index (Phi) is 2.57. The monoisotopic (exact) mass is 275 g/mol. The van der Waals surface area contributed by atoms with Crippen molar-refractivity contribution in [2.45, 2.75) is 6.54 Å². The van der Waals surface area contributed by atoms with Gasteiger partial charge in [0, 0.05) is 0 Å². The smallest absolute Gasteiger partial charge is 0.182 e. The van der Waals surface area contributed by atoms with E-state index in [0.717, 1.165) is 5.56 Å². The number of aromatic nitrogens is 4. The highest BCUT2D eigenvalue weighted by Gasteiger charge is 2.04. The lowest BCUT2D eigenvalue weighted by Crippen LogP contribution is -2.21. The first-order valence-electron chi connectivity index (χ1n) is 6.72. The number of fused-ring (bicyclic) bond motifs is 2. The molecular formula is C16H13N5. The SMILES string of the molecule is N=c1c2[nH]cnc2ncn1Cc1ccc2ccccc2c1. The first-order valence-corrected chi connectivity index (χ1v) is 6.72. The second-order valence-electron chi connectivity index (χ2n) is 5.00. The normalized spacial score (nSPS) is 11.2. The molecule has 5 heteroatoms. The maximum Gasteiger partial charge on any atom is 0.182 e. The summed E-state index contributed by atoms with van der Waals surface area (Å²) in [6, 6.07) is 14.6. The van der Waals surface area contributed by atoms with Crippen LogP contribution in [-0.4, -0.2) is 19.5 Å². The number of hydrogen-bond donors (Lipinski definition) is 2. The largest absolute Gasteiger partial charge is 0.340 e. The standard InChI is InChI=1S/C16H13N5/c17-15-14-16(19-9-18-14)20-10-21(15)8-11-5-6-12-3-1-2-4-13(12)7-11/h1-7,9-10,17H,8H2,(H,18,19). The minimum atomic E-state index is 0.394. The summed E-state index contributed by atoms with van der Waals surface area (Å²) in [5, 5.41) is 10.6. The molecule has 0 saturated carbocycles. The van der Waals surface area contributed by atoms with Gasteiger partial charge in [-0.3, -0.25) is 5.41 Å². The number of imidazole rings is 1. The van der Waals surface area contributed by atoms with Crippen LogP contribution in [0.2, 0.25) is 0 Å². The molecule has 0 aliphatic carbocycles. The fourth-order valence-corrected chi connectivity index (χ4v) is 2.54. The topological polar surface area (TPSA) is 70.3 Å². The Labute approximate surface area is 120 Å². The molecule has 0 saturated heterocycles. The number of hydrogen-bond acceptors (Lipinski definition) is 3. The second kappa shape index (κ2) is 4.56. The third-order valence-electron chi connectivity index (χ3n) is 3.63. The molecule has 21 heavy (non-hydrogen) atoms. The molecule has 0 amide bonds. The Morgan fingerprint density at radius 3 is 2.81 bits per heavy atom. The van der Waals surface area contributed by atoms with Gasteiger partial charge in [0.25, 0.3) is 0 Å². The molecule has 0 aliphatic rings.